The van der Waals surface area contributed by atoms with Crippen LogP contribution in [0, 0.1) is 56.2 Å². The summed E-state index contributed by atoms with van der Waals surface area (Å²) in [5.74, 6) is -1.69. The zero-order valence-corrected chi connectivity index (χ0v) is 40.8. The Morgan fingerprint density at radius 2 is 1.38 bits per heavy atom. The Morgan fingerprint density at radius 1 is 0.750 bits per heavy atom. The minimum atomic E-state index is -1.13. The number of hydrogen-bond acceptors (Lipinski definition) is 6. The Balaban J connectivity index is 1.05. The average molecular weight is 887 g/mol. The number of carboxylic acids is 2. The monoisotopic (exact) mass is 887 g/mol. The van der Waals surface area contributed by atoms with Gasteiger partial charge in [0.1, 0.15) is 12.1 Å². The van der Waals surface area contributed by atoms with Gasteiger partial charge in [-0.15, -0.1) is 0 Å². The molecule has 9 atom stereocenters. The highest BCUT2D eigenvalue weighted by Gasteiger charge is 2.69. The normalized spacial score (nSPS) is 32.9. The number of carbonyl (C=O) groups is 5. The summed E-state index contributed by atoms with van der Waals surface area (Å²) in [7, 11) is 0. The molecule has 0 radical (unpaired) electrons. The average Bonchev–Trinajstić information content (AvgIpc) is 3.22. The van der Waals surface area contributed by atoms with Gasteiger partial charge >= 0.3 is 17.9 Å². The molecule has 0 heterocycles. The van der Waals surface area contributed by atoms with Crippen LogP contribution >= 0.6 is 0 Å². The standard InChI is InChI=1S/C54H82N2O8/c1-35(2)44(46(60)61)56-43(57)22-16-14-12-10-11-13-15-19-33-55-48(63)54-31-29-49(3,4)34-39(54)38-23-24-41-51(7)27-26-42(64-47(62)37-21-18-17-20-36(37)45(58)59)50(5,6)40(51)25-28-53(41,9)52(38,8)30-32-54/h17-18,20-21,23,35,39-42,44H,10-16,19,22,24-34H2,1-9H3,(H,55,63)(H,56,57)(H,58,59)(H,60,61)/t39?,40?,41?,42-,44-,51-,52+,53+,54-/m0/s1. The van der Waals surface area contributed by atoms with Gasteiger partial charge in [0.05, 0.1) is 16.5 Å². The lowest BCUT2D eigenvalue weighted by Gasteiger charge is -2.71. The second-order valence-corrected chi connectivity index (χ2v) is 23.4. The number of ether oxygens (including phenoxy) is 1. The van der Waals surface area contributed by atoms with Crippen molar-refractivity contribution in [3.05, 3.63) is 47.0 Å². The molecule has 10 heteroatoms. The number of hydrogen-bond donors (Lipinski definition) is 4. The fraction of sp³-hybridized carbons (Fsp3) is 0.759. The number of aromatic carboxylic acids is 1. The molecule has 4 saturated carbocycles. The molecule has 3 unspecified atom stereocenters. The van der Waals surface area contributed by atoms with Crippen LogP contribution in [-0.4, -0.2) is 58.6 Å². The second-order valence-electron chi connectivity index (χ2n) is 23.4. The lowest BCUT2D eigenvalue weighted by atomic mass is 9.33. The van der Waals surface area contributed by atoms with Crippen LogP contribution in [-0.2, 0) is 19.1 Å². The molecule has 5 aliphatic rings. The van der Waals surface area contributed by atoms with Crippen molar-refractivity contribution >= 4 is 29.7 Å². The lowest BCUT2D eigenvalue weighted by molar-refractivity contribution is -0.204. The molecule has 0 bridgehead atoms. The van der Waals surface area contributed by atoms with Crippen LogP contribution in [0.15, 0.2) is 35.9 Å². The summed E-state index contributed by atoms with van der Waals surface area (Å²) >= 11 is 0. The van der Waals surface area contributed by atoms with Crippen LogP contribution in [0.3, 0.4) is 0 Å². The largest absolute Gasteiger partial charge is 0.480 e. The van der Waals surface area contributed by atoms with E-state index in [1.165, 1.54) is 6.07 Å². The Morgan fingerprint density at radius 3 is 2.02 bits per heavy atom. The minimum Gasteiger partial charge on any atom is -0.480 e. The zero-order chi connectivity index (χ0) is 46.9. The number of aliphatic carboxylic acids is 1. The van der Waals surface area contributed by atoms with Gasteiger partial charge in [-0.1, -0.05) is 125 Å². The molecular formula is C54H82N2O8. The van der Waals surface area contributed by atoms with Gasteiger partial charge in [-0.3, -0.25) is 9.59 Å². The molecule has 64 heavy (non-hydrogen) atoms. The fourth-order valence-corrected chi connectivity index (χ4v) is 14.5. The van der Waals surface area contributed by atoms with E-state index in [0.717, 1.165) is 116 Å². The quantitative estimate of drug-likeness (QED) is 0.0644. The van der Waals surface area contributed by atoms with E-state index in [2.05, 4.69) is 65.2 Å². The van der Waals surface area contributed by atoms with Crippen molar-refractivity contribution in [1.82, 2.24) is 10.6 Å². The van der Waals surface area contributed by atoms with Crippen LogP contribution < -0.4 is 10.6 Å². The smallest absolute Gasteiger partial charge is 0.339 e. The van der Waals surface area contributed by atoms with Gasteiger partial charge in [-0.05, 0) is 135 Å². The molecule has 1 aromatic rings. The van der Waals surface area contributed by atoms with Crippen LogP contribution in [0.5, 0.6) is 0 Å². The van der Waals surface area contributed by atoms with Gasteiger partial charge in [0.25, 0.3) is 0 Å². The van der Waals surface area contributed by atoms with E-state index in [1.807, 2.05) is 0 Å². The molecule has 0 spiro atoms. The van der Waals surface area contributed by atoms with Crippen molar-refractivity contribution in [1.29, 1.82) is 0 Å². The van der Waals surface area contributed by atoms with Crippen molar-refractivity contribution in [3.63, 3.8) is 0 Å². The summed E-state index contributed by atoms with van der Waals surface area (Å²) in [5.41, 5.74) is 1.26. The van der Waals surface area contributed by atoms with Crippen molar-refractivity contribution in [2.75, 3.05) is 6.54 Å². The number of rotatable bonds is 18. The number of benzene rings is 1. The van der Waals surface area contributed by atoms with Crippen LogP contribution in [0.2, 0.25) is 0 Å². The Labute approximate surface area is 384 Å². The number of fused-ring (bicyclic) bond motifs is 7. The zero-order valence-electron chi connectivity index (χ0n) is 40.8. The molecular weight excluding hydrogens is 805 g/mol. The highest BCUT2D eigenvalue weighted by atomic mass is 16.5. The van der Waals surface area contributed by atoms with Crippen molar-refractivity contribution in [2.24, 2.45) is 56.2 Å². The maximum absolute atomic E-state index is 14.6. The SMILES string of the molecule is CC(C)[C@H](NC(=O)CCCCCCCCCCNC(=O)[C@]12CCC(C)(C)CC1C1=CCC3[C@@]4(C)CC[C@H](OC(=O)c5ccccc5C(=O)O)C(C)(C)C4CC[C@@]3(C)[C@]1(C)CC2)C(=O)O. The van der Waals surface area contributed by atoms with Gasteiger partial charge in [0.2, 0.25) is 11.8 Å². The first-order valence-corrected chi connectivity index (χ1v) is 25.1. The van der Waals surface area contributed by atoms with Crippen molar-refractivity contribution < 1.29 is 38.9 Å². The second kappa shape index (κ2) is 19.3. The minimum absolute atomic E-state index is 0.0106. The van der Waals surface area contributed by atoms with E-state index in [1.54, 1.807) is 37.6 Å². The lowest BCUT2D eigenvalue weighted by Crippen LogP contribution is -2.65. The summed E-state index contributed by atoms with van der Waals surface area (Å²) < 4.78 is 6.27. The number of amides is 2. The number of carbonyl (C=O) groups excluding carboxylic acids is 3. The van der Waals surface area contributed by atoms with Crippen molar-refractivity contribution in [3.8, 4) is 0 Å². The molecule has 4 fully saturated rings. The molecule has 0 aliphatic heterocycles. The summed E-state index contributed by atoms with van der Waals surface area (Å²) in [6.07, 6.45) is 20.8. The molecule has 0 saturated heterocycles. The summed E-state index contributed by atoms with van der Waals surface area (Å²) in [6.45, 7) is 21.3. The molecule has 2 amide bonds. The third-order valence-corrected chi connectivity index (χ3v) is 18.5. The van der Waals surface area contributed by atoms with Gasteiger partial charge in [0.15, 0.2) is 0 Å². The first kappa shape index (κ1) is 49.7. The molecule has 5 aliphatic carbocycles. The third kappa shape index (κ3) is 9.46. The summed E-state index contributed by atoms with van der Waals surface area (Å²) in [5, 5.41) is 25.2. The van der Waals surface area contributed by atoms with E-state index in [9.17, 15) is 34.2 Å². The Kier molecular flexibility index (Phi) is 15.0. The van der Waals surface area contributed by atoms with E-state index in [-0.39, 0.29) is 73.4 Å². The third-order valence-electron chi connectivity index (χ3n) is 18.5. The number of nitrogens with one attached hydrogen (secondary N) is 2. The van der Waals surface area contributed by atoms with E-state index in [0.29, 0.717) is 24.8 Å². The van der Waals surface area contributed by atoms with Crippen molar-refractivity contribution in [2.45, 2.75) is 196 Å². The number of esters is 1. The van der Waals surface area contributed by atoms with E-state index >= 15 is 0 Å². The highest BCUT2D eigenvalue weighted by Crippen LogP contribution is 2.76. The van der Waals surface area contributed by atoms with Gasteiger partial charge in [0, 0.05) is 18.4 Å². The molecule has 0 aromatic heterocycles. The number of unbranched alkanes of at least 4 members (excludes halogenated alkanes) is 7. The highest BCUT2D eigenvalue weighted by molar-refractivity contribution is 6.02. The predicted octanol–water partition coefficient (Wildman–Crippen LogP) is 11.6. The Bertz CT molecular complexity index is 1940. The van der Waals surface area contributed by atoms with Gasteiger partial charge < -0.3 is 25.6 Å². The van der Waals surface area contributed by atoms with Gasteiger partial charge in [-0.25, -0.2) is 14.4 Å². The first-order valence-electron chi connectivity index (χ1n) is 25.1. The molecule has 4 N–H and O–H groups in total. The predicted molar refractivity (Wildman–Crippen MR) is 251 cm³/mol. The summed E-state index contributed by atoms with van der Waals surface area (Å²) in [4.78, 5) is 63.7. The maximum Gasteiger partial charge on any atom is 0.339 e. The maximum atomic E-state index is 14.6. The van der Waals surface area contributed by atoms with Crippen LogP contribution in [0.4, 0.5) is 0 Å². The van der Waals surface area contributed by atoms with Gasteiger partial charge in [-0.2, -0.15) is 0 Å². The van der Waals surface area contributed by atoms with E-state index < -0.39 is 23.9 Å². The van der Waals surface area contributed by atoms with Crippen LogP contribution in [0.1, 0.15) is 205 Å². The molecule has 6 rings (SSSR count). The fourth-order valence-electron chi connectivity index (χ4n) is 14.5. The summed E-state index contributed by atoms with van der Waals surface area (Å²) in [6, 6.07) is 5.51. The topological polar surface area (TPSA) is 159 Å². The molecule has 356 valence electrons. The molecule has 1 aromatic carbocycles. The number of allylic oxidation sites excluding steroid dienone is 2. The number of carboxylic acid groups (broad SMARTS) is 2. The van der Waals surface area contributed by atoms with E-state index in [4.69, 9.17) is 4.74 Å². The van der Waals surface area contributed by atoms with Crippen LogP contribution in [0.25, 0.3) is 0 Å². The first-order chi connectivity index (χ1) is 30.0. The molecule has 10 nitrogen and oxygen atoms in total. The Hall–Kier alpha value is -3.69.